The van der Waals surface area contributed by atoms with Gasteiger partial charge in [-0.05, 0) is 65.3 Å². The summed E-state index contributed by atoms with van der Waals surface area (Å²) in [6.45, 7) is 15.6. The Morgan fingerprint density at radius 2 is 1.35 bits per heavy atom. The summed E-state index contributed by atoms with van der Waals surface area (Å²) in [7, 11) is 6.32. The van der Waals surface area contributed by atoms with Gasteiger partial charge in [-0.3, -0.25) is 24.1 Å². The Morgan fingerprint density at radius 1 is 0.765 bits per heavy atom. The van der Waals surface area contributed by atoms with Crippen molar-refractivity contribution < 1.29 is 43.3 Å². The van der Waals surface area contributed by atoms with Crippen molar-refractivity contribution in [1.29, 1.82) is 0 Å². The van der Waals surface area contributed by atoms with E-state index in [1.807, 2.05) is 96.1 Å². The fourth-order valence-corrected chi connectivity index (χ4v) is 10.4. The molecule has 68 heavy (non-hydrogen) atoms. The lowest BCUT2D eigenvalue weighted by Crippen LogP contribution is -2.60. The molecule has 5 rings (SSSR count). The van der Waals surface area contributed by atoms with Gasteiger partial charge >= 0.3 is 6.09 Å². The number of nitrogens with one attached hydrogen (secondary N) is 2. The van der Waals surface area contributed by atoms with Gasteiger partial charge in [-0.1, -0.05) is 134 Å². The molecule has 0 radical (unpaired) electrons. The first kappa shape index (κ1) is 53.6. The summed E-state index contributed by atoms with van der Waals surface area (Å²) in [4.78, 5) is 75.4. The number of fused-ring (bicyclic) bond motifs is 3. The molecule has 10 atom stereocenters. The number of amides is 5. The van der Waals surface area contributed by atoms with Crippen molar-refractivity contribution in [2.45, 2.75) is 136 Å². The number of methoxy groups -OCH3 is 2. The standard InChI is InChI=1S/C54H77N5O9/c1-13-34(6)48(44(66-11)30-45(60)59-29-21-28-43(59)50(67-12)35(7)51(62)55-36(8)49(61)37-22-15-14-16-23-37)57(9)53(64)46(32(2)3)56-52(63)47(33(4)5)58(10)54(65)68-31-42-40-26-19-17-24-38(40)39-25-18-20-27-41(39)42/h14-20,22-27,32-36,42-44,46-50,61H,13,21,28-31H2,1-12H3,(H,55,62)(H,56,63)/t34-,35+,36+,43-,44+,46-,47?,48-,49+,50+/m0/s1. The van der Waals surface area contributed by atoms with E-state index in [0.29, 0.717) is 24.9 Å². The van der Waals surface area contributed by atoms with Crippen LogP contribution in [0.25, 0.3) is 11.1 Å². The molecule has 1 saturated heterocycles. The molecule has 14 heteroatoms. The average Bonchev–Trinajstić information content (AvgIpc) is 3.95. The predicted octanol–water partition coefficient (Wildman–Crippen LogP) is 7.19. The molecular weight excluding hydrogens is 863 g/mol. The van der Waals surface area contributed by atoms with Crippen molar-refractivity contribution >= 4 is 29.7 Å². The summed E-state index contributed by atoms with van der Waals surface area (Å²) in [6, 6.07) is 21.9. The number of likely N-dealkylation sites (N-methyl/N-ethyl adjacent to an activating group) is 2. The van der Waals surface area contributed by atoms with Crippen LogP contribution in [0.15, 0.2) is 78.9 Å². The molecule has 0 aromatic heterocycles. The molecule has 3 N–H and O–H groups in total. The van der Waals surface area contributed by atoms with Gasteiger partial charge in [0.25, 0.3) is 0 Å². The normalized spacial score (nSPS) is 18.6. The first-order valence-electron chi connectivity index (χ1n) is 24.4. The largest absolute Gasteiger partial charge is 0.448 e. The minimum absolute atomic E-state index is 0.0317. The van der Waals surface area contributed by atoms with Gasteiger partial charge in [0, 0.05) is 40.8 Å². The molecule has 3 aromatic rings. The summed E-state index contributed by atoms with van der Waals surface area (Å²) < 4.78 is 18.0. The van der Waals surface area contributed by atoms with Crippen LogP contribution in [0, 0.1) is 23.7 Å². The monoisotopic (exact) mass is 940 g/mol. The number of benzene rings is 3. The van der Waals surface area contributed by atoms with Crippen LogP contribution >= 0.6 is 0 Å². The van der Waals surface area contributed by atoms with Crippen molar-refractivity contribution in [2.75, 3.05) is 41.5 Å². The molecule has 1 fully saturated rings. The Morgan fingerprint density at radius 3 is 1.90 bits per heavy atom. The lowest BCUT2D eigenvalue weighted by atomic mass is 9.89. The summed E-state index contributed by atoms with van der Waals surface area (Å²) >= 11 is 0. The van der Waals surface area contributed by atoms with E-state index in [9.17, 15) is 29.1 Å². The molecule has 1 aliphatic heterocycles. The van der Waals surface area contributed by atoms with Gasteiger partial charge in [-0.15, -0.1) is 0 Å². The van der Waals surface area contributed by atoms with Crippen LogP contribution in [0.5, 0.6) is 0 Å². The molecule has 1 heterocycles. The van der Waals surface area contributed by atoms with E-state index < -0.39 is 60.4 Å². The third-order valence-electron chi connectivity index (χ3n) is 14.4. The van der Waals surface area contributed by atoms with Crippen molar-refractivity contribution in [2.24, 2.45) is 23.7 Å². The highest BCUT2D eigenvalue weighted by atomic mass is 16.6. The second kappa shape index (κ2) is 24.3. The fourth-order valence-electron chi connectivity index (χ4n) is 10.4. The van der Waals surface area contributed by atoms with Crippen LogP contribution in [0.1, 0.15) is 110 Å². The second-order valence-corrected chi connectivity index (χ2v) is 19.6. The molecule has 372 valence electrons. The second-order valence-electron chi connectivity index (χ2n) is 19.6. The number of carbonyl (C=O) groups excluding carboxylic acids is 5. The van der Waals surface area contributed by atoms with Crippen LogP contribution in [0.2, 0.25) is 0 Å². The number of rotatable bonds is 22. The maximum Gasteiger partial charge on any atom is 0.410 e. The Kier molecular flexibility index (Phi) is 19.2. The quantitative estimate of drug-likeness (QED) is 0.0945. The zero-order valence-corrected chi connectivity index (χ0v) is 42.3. The Hall–Kier alpha value is -5.31. The lowest BCUT2D eigenvalue weighted by molar-refractivity contribution is -0.148. The third-order valence-corrected chi connectivity index (χ3v) is 14.4. The average molecular weight is 940 g/mol. The van der Waals surface area contributed by atoms with Gasteiger partial charge in [0.05, 0.1) is 48.8 Å². The number of aliphatic hydroxyl groups excluding tert-OH is 1. The zero-order chi connectivity index (χ0) is 50.0. The van der Waals surface area contributed by atoms with Gasteiger partial charge in [0.2, 0.25) is 23.6 Å². The van der Waals surface area contributed by atoms with Crippen molar-refractivity contribution in [3.63, 3.8) is 0 Å². The number of hydrogen-bond donors (Lipinski definition) is 3. The smallest absolute Gasteiger partial charge is 0.410 e. The van der Waals surface area contributed by atoms with Crippen molar-refractivity contribution in [3.05, 3.63) is 95.6 Å². The van der Waals surface area contributed by atoms with E-state index in [-0.39, 0.29) is 60.5 Å². The number of nitrogens with zero attached hydrogens (tertiary/aromatic N) is 3. The zero-order valence-electron chi connectivity index (χ0n) is 42.3. The molecule has 1 aliphatic carbocycles. The van der Waals surface area contributed by atoms with E-state index in [1.54, 1.807) is 44.9 Å². The lowest BCUT2D eigenvalue weighted by Gasteiger charge is -2.41. The topological polar surface area (TPSA) is 167 Å². The van der Waals surface area contributed by atoms with Crippen LogP contribution in [-0.4, -0.2) is 133 Å². The van der Waals surface area contributed by atoms with Crippen LogP contribution in [0.4, 0.5) is 4.79 Å². The number of hydrogen-bond acceptors (Lipinski definition) is 9. The maximum absolute atomic E-state index is 14.7. The van der Waals surface area contributed by atoms with Crippen LogP contribution < -0.4 is 10.6 Å². The number of aliphatic hydroxyl groups is 1. The van der Waals surface area contributed by atoms with Crippen LogP contribution in [-0.2, 0) is 33.4 Å². The molecular formula is C54H77N5O9. The molecule has 0 saturated carbocycles. The summed E-state index contributed by atoms with van der Waals surface area (Å²) in [5, 5.41) is 16.9. The summed E-state index contributed by atoms with van der Waals surface area (Å²) in [6.07, 6.45) is -0.862. The highest BCUT2D eigenvalue weighted by molar-refractivity contribution is 5.92. The minimum atomic E-state index is -0.959. The Labute approximate surface area is 404 Å². The van der Waals surface area contributed by atoms with Gasteiger partial charge in [0.1, 0.15) is 18.7 Å². The van der Waals surface area contributed by atoms with E-state index in [2.05, 4.69) is 34.9 Å². The summed E-state index contributed by atoms with van der Waals surface area (Å²) in [5.74, 6) is -2.84. The molecule has 0 bridgehead atoms. The van der Waals surface area contributed by atoms with Crippen molar-refractivity contribution in [3.8, 4) is 11.1 Å². The fraction of sp³-hybridized carbons (Fsp3) is 0.574. The van der Waals surface area contributed by atoms with Crippen molar-refractivity contribution in [1.82, 2.24) is 25.3 Å². The van der Waals surface area contributed by atoms with Crippen LogP contribution in [0.3, 0.4) is 0 Å². The molecule has 14 nitrogen and oxygen atoms in total. The van der Waals surface area contributed by atoms with E-state index in [1.165, 1.54) is 12.0 Å². The number of likely N-dealkylation sites (tertiary alicyclic amines) is 1. The first-order valence-corrected chi connectivity index (χ1v) is 24.4. The van der Waals surface area contributed by atoms with E-state index in [4.69, 9.17) is 14.2 Å². The minimum Gasteiger partial charge on any atom is -0.448 e. The predicted molar refractivity (Wildman–Crippen MR) is 263 cm³/mol. The third kappa shape index (κ3) is 12.1. The highest BCUT2D eigenvalue weighted by Gasteiger charge is 2.44. The van der Waals surface area contributed by atoms with E-state index in [0.717, 1.165) is 28.7 Å². The number of ether oxygens (including phenoxy) is 3. The van der Waals surface area contributed by atoms with Gasteiger partial charge < -0.3 is 39.8 Å². The molecule has 1 unspecified atom stereocenters. The Bertz CT molecular complexity index is 2120. The van der Waals surface area contributed by atoms with Gasteiger partial charge in [0.15, 0.2) is 0 Å². The van der Waals surface area contributed by atoms with E-state index >= 15 is 0 Å². The molecule has 3 aromatic carbocycles. The van der Waals surface area contributed by atoms with Gasteiger partial charge in [-0.25, -0.2) is 4.79 Å². The maximum atomic E-state index is 14.7. The highest BCUT2D eigenvalue weighted by Crippen LogP contribution is 2.44. The molecule has 5 amide bonds. The number of carbonyl (C=O) groups is 5. The molecule has 0 spiro atoms. The van der Waals surface area contributed by atoms with Gasteiger partial charge in [-0.2, -0.15) is 0 Å². The Balaban J connectivity index is 1.25. The first-order chi connectivity index (χ1) is 32.4. The SMILES string of the molecule is CC[C@H](C)[C@@H]([C@@H](CC(=O)N1CCC[C@H]1[C@H](OC)[C@@H](C)C(=O)N[C@H](C)[C@@H](O)c1ccccc1)OC)N(C)C(=O)[C@@H](NC(=O)C(C(C)C)N(C)C(=O)OCC1c2ccccc2-c2ccccc21)C(C)C. The molecule has 2 aliphatic rings. The summed E-state index contributed by atoms with van der Waals surface area (Å²) in [5.41, 5.74) is 5.09.